The Morgan fingerprint density at radius 1 is 1.00 bits per heavy atom. The fourth-order valence-electron chi connectivity index (χ4n) is 1.86. The van der Waals surface area contributed by atoms with Crippen LogP contribution in [0.5, 0.6) is 5.75 Å². The van der Waals surface area contributed by atoms with Crippen molar-refractivity contribution < 1.29 is 17.9 Å². The van der Waals surface area contributed by atoms with E-state index in [-0.39, 0.29) is 16.4 Å². The predicted molar refractivity (Wildman–Crippen MR) is 79.0 cm³/mol. The zero-order valence-corrected chi connectivity index (χ0v) is 11.5. The minimum atomic E-state index is -4.76. The van der Waals surface area contributed by atoms with Crippen molar-refractivity contribution in [2.24, 2.45) is 5.73 Å². The topological polar surface area (TPSA) is 47.3 Å². The molecule has 2 rings (SSSR count). The molecule has 0 aliphatic rings. The molecular weight excluding hydrogens is 301 g/mol. The number of nitrogens with one attached hydrogen (secondary N) is 1. The van der Waals surface area contributed by atoms with Crippen LogP contribution in [0.1, 0.15) is 0 Å². The second-order valence-corrected chi connectivity index (χ2v) is 4.52. The van der Waals surface area contributed by atoms with Gasteiger partial charge in [-0.05, 0) is 24.4 Å². The van der Waals surface area contributed by atoms with E-state index >= 15 is 0 Å². The van der Waals surface area contributed by atoms with Crippen LogP contribution in [0.25, 0.3) is 11.1 Å². The minimum absolute atomic E-state index is 0.0247. The molecule has 0 radical (unpaired) electrons. The summed E-state index contributed by atoms with van der Waals surface area (Å²) in [6.45, 7) is 0. The summed E-state index contributed by atoms with van der Waals surface area (Å²) in [5, 5.41) is 2.76. The number of benzene rings is 2. The number of anilines is 1. The highest BCUT2D eigenvalue weighted by Gasteiger charge is 2.32. The fraction of sp³-hybridized carbons (Fsp3) is 0.0714. The first kappa shape index (κ1) is 15.1. The van der Waals surface area contributed by atoms with E-state index in [0.717, 1.165) is 0 Å². The summed E-state index contributed by atoms with van der Waals surface area (Å²) in [5.74, 6) is -0.290. The lowest BCUT2D eigenvalue weighted by Gasteiger charge is -2.16. The number of ether oxygens (including phenoxy) is 1. The summed E-state index contributed by atoms with van der Waals surface area (Å²) in [7, 11) is 0. The lowest BCUT2D eigenvalue weighted by atomic mass is 10.0. The molecule has 0 spiro atoms. The number of thiocarbonyl (C=S) groups is 1. The van der Waals surface area contributed by atoms with Crippen LogP contribution in [0.2, 0.25) is 0 Å². The van der Waals surface area contributed by atoms with Crippen molar-refractivity contribution in [3.63, 3.8) is 0 Å². The average molecular weight is 312 g/mol. The van der Waals surface area contributed by atoms with Crippen LogP contribution in [-0.4, -0.2) is 11.5 Å². The number of para-hydroxylation sites is 2. The Kier molecular flexibility index (Phi) is 4.32. The molecule has 3 N–H and O–H groups in total. The third-order valence-electron chi connectivity index (χ3n) is 2.59. The maximum absolute atomic E-state index is 12.5. The third kappa shape index (κ3) is 4.09. The van der Waals surface area contributed by atoms with Gasteiger partial charge in [0.2, 0.25) is 0 Å². The summed E-state index contributed by atoms with van der Waals surface area (Å²) >= 11 is 4.76. The second-order valence-electron chi connectivity index (χ2n) is 4.08. The van der Waals surface area contributed by atoms with Gasteiger partial charge in [0.25, 0.3) is 0 Å². The highest BCUT2D eigenvalue weighted by atomic mass is 32.1. The molecule has 7 heteroatoms. The van der Waals surface area contributed by atoms with Gasteiger partial charge in [-0.15, -0.1) is 13.2 Å². The Morgan fingerprint density at radius 3 is 2.19 bits per heavy atom. The SMILES string of the molecule is NC(=S)Nc1ccccc1-c1ccccc1OC(F)(F)F. The zero-order chi connectivity index (χ0) is 15.5. The van der Waals surface area contributed by atoms with Gasteiger partial charge in [-0.1, -0.05) is 36.4 Å². The largest absolute Gasteiger partial charge is 0.573 e. The van der Waals surface area contributed by atoms with E-state index in [4.69, 9.17) is 18.0 Å². The summed E-state index contributed by atoms with van der Waals surface area (Å²) in [6, 6.07) is 12.6. The number of rotatable bonds is 3. The number of alkyl halides is 3. The summed E-state index contributed by atoms with van der Waals surface area (Å²) < 4.78 is 41.5. The molecule has 110 valence electrons. The van der Waals surface area contributed by atoms with Gasteiger partial charge < -0.3 is 15.8 Å². The second kappa shape index (κ2) is 6.01. The van der Waals surface area contributed by atoms with Crippen molar-refractivity contribution in [3.8, 4) is 16.9 Å². The van der Waals surface area contributed by atoms with E-state index in [1.165, 1.54) is 18.2 Å². The number of halogens is 3. The maximum atomic E-state index is 12.5. The van der Waals surface area contributed by atoms with Crippen molar-refractivity contribution in [1.29, 1.82) is 0 Å². The van der Waals surface area contributed by atoms with Gasteiger partial charge in [0.1, 0.15) is 5.75 Å². The van der Waals surface area contributed by atoms with Gasteiger partial charge in [-0.2, -0.15) is 0 Å². The molecule has 0 aliphatic carbocycles. The Morgan fingerprint density at radius 2 is 1.57 bits per heavy atom. The van der Waals surface area contributed by atoms with E-state index < -0.39 is 6.36 Å². The van der Waals surface area contributed by atoms with E-state index in [1.807, 2.05) is 0 Å². The van der Waals surface area contributed by atoms with Gasteiger partial charge in [0.15, 0.2) is 5.11 Å². The zero-order valence-electron chi connectivity index (χ0n) is 10.6. The standard InChI is InChI=1S/C14H11F3N2OS/c15-14(16,17)20-12-8-4-2-6-10(12)9-5-1-3-7-11(9)19-13(18)21/h1-8H,(H3,18,19,21). The molecule has 0 heterocycles. The molecule has 21 heavy (non-hydrogen) atoms. The van der Waals surface area contributed by atoms with E-state index in [1.54, 1.807) is 30.3 Å². The molecule has 0 aliphatic heterocycles. The van der Waals surface area contributed by atoms with E-state index in [0.29, 0.717) is 11.3 Å². The molecule has 0 amide bonds. The van der Waals surface area contributed by atoms with Gasteiger partial charge in [-0.3, -0.25) is 0 Å². The maximum Gasteiger partial charge on any atom is 0.573 e. The Bertz CT molecular complexity index is 659. The quantitative estimate of drug-likeness (QED) is 0.844. The Hall–Kier alpha value is -2.28. The molecule has 0 fully saturated rings. The van der Waals surface area contributed by atoms with E-state index in [2.05, 4.69) is 10.1 Å². The van der Waals surface area contributed by atoms with E-state index in [9.17, 15) is 13.2 Å². The number of hydrogen-bond acceptors (Lipinski definition) is 2. The highest BCUT2D eigenvalue weighted by molar-refractivity contribution is 7.80. The van der Waals surface area contributed by atoms with Gasteiger partial charge in [0.05, 0.1) is 0 Å². The molecule has 2 aromatic rings. The molecule has 0 aromatic heterocycles. The molecule has 2 aromatic carbocycles. The molecule has 0 bridgehead atoms. The fourth-order valence-corrected chi connectivity index (χ4v) is 1.97. The summed E-state index contributed by atoms with van der Waals surface area (Å²) in [5.41, 5.74) is 6.71. The highest BCUT2D eigenvalue weighted by Crippen LogP contribution is 2.37. The van der Waals surface area contributed by atoms with Crippen molar-refractivity contribution in [2.75, 3.05) is 5.32 Å². The van der Waals surface area contributed by atoms with Gasteiger partial charge in [0, 0.05) is 16.8 Å². The number of hydrogen-bond donors (Lipinski definition) is 2. The molecule has 0 saturated heterocycles. The van der Waals surface area contributed by atoms with Gasteiger partial charge >= 0.3 is 6.36 Å². The van der Waals surface area contributed by atoms with Crippen molar-refractivity contribution >= 4 is 23.0 Å². The number of nitrogens with two attached hydrogens (primary N) is 1. The minimum Gasteiger partial charge on any atom is -0.405 e. The van der Waals surface area contributed by atoms with Crippen molar-refractivity contribution in [3.05, 3.63) is 48.5 Å². The smallest absolute Gasteiger partial charge is 0.405 e. The Labute approximate surface area is 124 Å². The van der Waals surface area contributed by atoms with Crippen LogP contribution >= 0.6 is 12.2 Å². The predicted octanol–water partition coefficient (Wildman–Crippen LogP) is 3.91. The van der Waals surface area contributed by atoms with Crippen LogP contribution in [0.15, 0.2) is 48.5 Å². The Balaban J connectivity index is 2.50. The van der Waals surface area contributed by atoms with Crippen LogP contribution < -0.4 is 15.8 Å². The summed E-state index contributed by atoms with van der Waals surface area (Å²) in [6.07, 6.45) is -4.76. The normalized spacial score (nSPS) is 11.0. The lowest BCUT2D eigenvalue weighted by Crippen LogP contribution is -2.20. The van der Waals surface area contributed by atoms with Crippen LogP contribution in [0.3, 0.4) is 0 Å². The molecule has 3 nitrogen and oxygen atoms in total. The van der Waals surface area contributed by atoms with Crippen molar-refractivity contribution in [1.82, 2.24) is 0 Å². The molecule has 0 unspecified atom stereocenters. The van der Waals surface area contributed by atoms with Crippen LogP contribution in [0, 0.1) is 0 Å². The van der Waals surface area contributed by atoms with Crippen LogP contribution in [0.4, 0.5) is 18.9 Å². The molecular formula is C14H11F3N2OS. The summed E-state index contributed by atoms with van der Waals surface area (Å²) in [4.78, 5) is 0. The first-order valence-corrected chi connectivity index (χ1v) is 6.28. The monoisotopic (exact) mass is 312 g/mol. The first-order valence-electron chi connectivity index (χ1n) is 5.87. The van der Waals surface area contributed by atoms with Crippen molar-refractivity contribution in [2.45, 2.75) is 6.36 Å². The van der Waals surface area contributed by atoms with Gasteiger partial charge in [-0.25, -0.2) is 0 Å². The van der Waals surface area contributed by atoms with Crippen LogP contribution in [-0.2, 0) is 0 Å². The average Bonchev–Trinajstić information content (AvgIpc) is 2.38. The molecule has 0 saturated carbocycles. The third-order valence-corrected chi connectivity index (χ3v) is 2.69. The first-order chi connectivity index (χ1) is 9.87. The lowest BCUT2D eigenvalue weighted by molar-refractivity contribution is -0.274. The molecule has 0 atom stereocenters.